The van der Waals surface area contributed by atoms with E-state index in [1.54, 1.807) is 4.90 Å². The zero-order valence-corrected chi connectivity index (χ0v) is 15.9. The molecule has 2 amide bonds. The summed E-state index contributed by atoms with van der Waals surface area (Å²) in [5.41, 5.74) is 0. The number of rotatable bonds is 6. The lowest BCUT2D eigenvalue weighted by Gasteiger charge is -2.31. The van der Waals surface area contributed by atoms with Crippen molar-refractivity contribution in [1.29, 1.82) is 0 Å². The molecule has 0 saturated carbocycles. The molecule has 26 heavy (non-hydrogen) atoms. The second-order valence-corrected chi connectivity index (χ2v) is 7.94. The molecule has 0 aromatic carbocycles. The number of aromatic nitrogens is 2. The van der Waals surface area contributed by atoms with Gasteiger partial charge in [-0.1, -0.05) is 25.1 Å². The molecule has 0 spiro atoms. The first-order valence-electron chi connectivity index (χ1n) is 8.95. The summed E-state index contributed by atoms with van der Waals surface area (Å²) in [6.45, 7) is 5.47. The first kappa shape index (κ1) is 18.6. The molecular weight excluding hydrogens is 352 g/mol. The van der Waals surface area contributed by atoms with Crippen molar-refractivity contribution in [2.45, 2.75) is 39.7 Å². The maximum absolute atomic E-state index is 12.5. The monoisotopic (exact) mass is 376 g/mol. The molecule has 1 N–H and O–H groups in total. The average molecular weight is 376 g/mol. The molecule has 0 bridgehead atoms. The number of Topliss-reactive ketones (excluding diaryl/α,β-unsaturated/α-hetero) is 1. The van der Waals surface area contributed by atoms with Crippen molar-refractivity contribution in [1.82, 2.24) is 20.4 Å². The maximum Gasteiger partial charge on any atom is 0.317 e. The van der Waals surface area contributed by atoms with Crippen LogP contribution in [0.25, 0.3) is 0 Å². The third kappa shape index (κ3) is 4.69. The maximum atomic E-state index is 12.5. The number of piperidine rings is 1. The highest BCUT2D eigenvalue weighted by Crippen LogP contribution is 2.23. The van der Waals surface area contributed by atoms with Crippen LogP contribution in [0.3, 0.4) is 0 Å². The van der Waals surface area contributed by atoms with Gasteiger partial charge in [0.1, 0.15) is 0 Å². The summed E-state index contributed by atoms with van der Waals surface area (Å²) in [4.78, 5) is 31.7. The summed E-state index contributed by atoms with van der Waals surface area (Å²) in [5, 5.41) is 8.63. The lowest BCUT2D eigenvalue weighted by Crippen LogP contribution is -2.46. The Bertz CT molecular complexity index is 741. The molecule has 1 fully saturated rings. The fourth-order valence-corrected chi connectivity index (χ4v) is 3.81. The van der Waals surface area contributed by atoms with Gasteiger partial charge in [0, 0.05) is 25.4 Å². The molecular formula is C18H24N4O3S. The van der Waals surface area contributed by atoms with Gasteiger partial charge in [0.2, 0.25) is 5.89 Å². The van der Waals surface area contributed by atoms with E-state index in [0.29, 0.717) is 30.7 Å². The molecule has 1 aliphatic heterocycles. The van der Waals surface area contributed by atoms with Crippen molar-refractivity contribution in [3.8, 4) is 0 Å². The molecule has 1 atom stereocenters. The summed E-state index contributed by atoms with van der Waals surface area (Å²) in [6.07, 6.45) is 2.40. The molecule has 140 valence electrons. The van der Waals surface area contributed by atoms with Crippen LogP contribution >= 0.6 is 11.3 Å². The summed E-state index contributed by atoms with van der Waals surface area (Å²) in [7, 11) is 0. The smallest absolute Gasteiger partial charge is 0.317 e. The summed E-state index contributed by atoms with van der Waals surface area (Å²) >= 11 is 1.45. The second kappa shape index (κ2) is 8.44. The Balaban J connectivity index is 1.51. The van der Waals surface area contributed by atoms with Gasteiger partial charge in [-0.2, -0.15) is 4.98 Å². The number of thiophene rings is 1. The zero-order chi connectivity index (χ0) is 18.5. The van der Waals surface area contributed by atoms with Crippen molar-refractivity contribution in [3.05, 3.63) is 34.1 Å². The SMILES string of the molecule is CC(C)Cc1noc(CNC(=O)N2CCC[C@H](C(=O)c3cccs3)C2)n1. The minimum absolute atomic E-state index is 0.130. The van der Waals surface area contributed by atoms with Crippen molar-refractivity contribution in [2.75, 3.05) is 13.1 Å². The van der Waals surface area contributed by atoms with E-state index >= 15 is 0 Å². The number of nitrogens with zero attached hydrogens (tertiary/aromatic N) is 3. The van der Waals surface area contributed by atoms with Gasteiger partial charge in [0.25, 0.3) is 0 Å². The topological polar surface area (TPSA) is 88.3 Å². The number of carbonyl (C=O) groups excluding carboxylic acids is 2. The standard InChI is InChI=1S/C18H24N4O3S/c1-12(2)9-15-20-16(25-21-15)10-19-18(24)22-7-3-5-13(11-22)17(23)14-6-4-8-26-14/h4,6,8,12-13H,3,5,7,9-11H2,1-2H3,(H,19,24)/t13-/m0/s1. The minimum Gasteiger partial charge on any atom is -0.337 e. The van der Waals surface area contributed by atoms with Crippen LogP contribution in [0.4, 0.5) is 4.79 Å². The molecule has 1 saturated heterocycles. The van der Waals surface area contributed by atoms with Crippen LogP contribution in [-0.2, 0) is 13.0 Å². The van der Waals surface area contributed by atoms with Crippen LogP contribution in [0, 0.1) is 11.8 Å². The highest BCUT2D eigenvalue weighted by Gasteiger charge is 2.29. The molecule has 2 aromatic rings. The molecule has 7 nitrogen and oxygen atoms in total. The van der Waals surface area contributed by atoms with Crippen LogP contribution in [0.15, 0.2) is 22.0 Å². The summed E-state index contributed by atoms with van der Waals surface area (Å²) in [6, 6.07) is 3.52. The highest BCUT2D eigenvalue weighted by molar-refractivity contribution is 7.12. The summed E-state index contributed by atoms with van der Waals surface area (Å²) < 4.78 is 5.16. The van der Waals surface area contributed by atoms with Gasteiger partial charge in [0.05, 0.1) is 11.4 Å². The molecule has 3 heterocycles. The minimum atomic E-state index is -0.197. The van der Waals surface area contributed by atoms with E-state index < -0.39 is 0 Å². The zero-order valence-electron chi connectivity index (χ0n) is 15.1. The van der Waals surface area contributed by atoms with Gasteiger partial charge >= 0.3 is 6.03 Å². The van der Waals surface area contributed by atoms with E-state index in [-0.39, 0.29) is 24.3 Å². The number of hydrogen-bond acceptors (Lipinski definition) is 6. The van der Waals surface area contributed by atoms with Crippen LogP contribution < -0.4 is 5.32 Å². The van der Waals surface area contributed by atoms with Gasteiger partial charge < -0.3 is 14.7 Å². The number of likely N-dealkylation sites (tertiary alicyclic amines) is 1. The summed E-state index contributed by atoms with van der Waals surface area (Å²) in [5.74, 6) is 1.50. The van der Waals surface area contributed by atoms with Crippen molar-refractivity contribution in [2.24, 2.45) is 11.8 Å². The highest BCUT2D eigenvalue weighted by atomic mass is 32.1. The van der Waals surface area contributed by atoms with Crippen molar-refractivity contribution < 1.29 is 14.1 Å². The fraction of sp³-hybridized carbons (Fsp3) is 0.556. The molecule has 8 heteroatoms. The number of carbonyl (C=O) groups is 2. The Labute approximate surface area is 156 Å². The third-order valence-corrected chi connectivity index (χ3v) is 5.22. The Morgan fingerprint density at radius 2 is 2.31 bits per heavy atom. The fourth-order valence-electron chi connectivity index (χ4n) is 3.07. The largest absolute Gasteiger partial charge is 0.337 e. The van der Waals surface area contributed by atoms with Crippen LogP contribution in [0.5, 0.6) is 0 Å². The van der Waals surface area contributed by atoms with E-state index in [2.05, 4.69) is 29.3 Å². The van der Waals surface area contributed by atoms with Crippen LogP contribution in [-0.4, -0.2) is 39.9 Å². The number of hydrogen-bond donors (Lipinski definition) is 1. The predicted molar refractivity (Wildman–Crippen MR) is 98.0 cm³/mol. The Morgan fingerprint density at radius 1 is 1.46 bits per heavy atom. The van der Waals surface area contributed by atoms with Gasteiger partial charge in [0.15, 0.2) is 11.6 Å². The van der Waals surface area contributed by atoms with Gasteiger partial charge in [-0.15, -0.1) is 11.3 Å². The number of amides is 2. The Morgan fingerprint density at radius 3 is 3.04 bits per heavy atom. The van der Waals surface area contributed by atoms with Gasteiger partial charge in [-0.25, -0.2) is 4.79 Å². The lowest BCUT2D eigenvalue weighted by molar-refractivity contribution is 0.0849. The Hall–Kier alpha value is -2.22. The third-order valence-electron chi connectivity index (χ3n) is 4.34. The number of urea groups is 1. The van der Waals surface area contributed by atoms with E-state index in [1.807, 2.05) is 17.5 Å². The molecule has 0 aliphatic carbocycles. The molecule has 2 aromatic heterocycles. The second-order valence-electron chi connectivity index (χ2n) is 6.99. The normalized spacial score (nSPS) is 17.5. The lowest BCUT2D eigenvalue weighted by atomic mass is 9.93. The van der Waals surface area contributed by atoms with Crippen LogP contribution in [0.1, 0.15) is 48.1 Å². The molecule has 0 radical (unpaired) electrons. The first-order chi connectivity index (χ1) is 12.5. The van der Waals surface area contributed by atoms with Gasteiger partial charge in [-0.05, 0) is 30.2 Å². The average Bonchev–Trinajstić information content (AvgIpc) is 3.30. The van der Waals surface area contributed by atoms with E-state index in [4.69, 9.17) is 4.52 Å². The van der Waals surface area contributed by atoms with Crippen molar-refractivity contribution in [3.63, 3.8) is 0 Å². The van der Waals surface area contributed by atoms with E-state index in [9.17, 15) is 9.59 Å². The van der Waals surface area contributed by atoms with Crippen molar-refractivity contribution >= 4 is 23.2 Å². The number of ketones is 1. The van der Waals surface area contributed by atoms with E-state index in [1.165, 1.54) is 11.3 Å². The first-order valence-corrected chi connectivity index (χ1v) is 9.83. The predicted octanol–water partition coefficient (Wildman–Crippen LogP) is 3.13. The quantitative estimate of drug-likeness (QED) is 0.783. The van der Waals surface area contributed by atoms with E-state index in [0.717, 1.165) is 24.1 Å². The Kier molecular flexibility index (Phi) is 6.03. The molecule has 1 aliphatic rings. The molecule has 0 unspecified atom stereocenters. The van der Waals surface area contributed by atoms with Crippen LogP contribution in [0.2, 0.25) is 0 Å². The number of nitrogens with one attached hydrogen (secondary N) is 1. The molecule has 3 rings (SSSR count). The van der Waals surface area contributed by atoms with Gasteiger partial charge in [-0.3, -0.25) is 4.79 Å².